The van der Waals surface area contributed by atoms with Gasteiger partial charge in [0.05, 0.1) is 0 Å². The fraction of sp³-hybridized carbons (Fsp3) is 0.154. The van der Waals surface area contributed by atoms with Gasteiger partial charge in [-0.1, -0.05) is 12.1 Å². The predicted molar refractivity (Wildman–Crippen MR) is 80.7 cm³/mol. The van der Waals surface area contributed by atoms with Crippen molar-refractivity contribution in [3.63, 3.8) is 0 Å². The standard InChI is InChI=1S/C13H12N4O3S2/c18-22(19,12-5-3-9-21-12)15-8-6-11-16-17-13(20-11)10-4-1-2-7-14-10/h1-5,7,9,15H,6,8H2. The Bertz CT molecular complexity index is 829. The topological polar surface area (TPSA) is 98.0 Å². The molecular weight excluding hydrogens is 324 g/mol. The number of hydrogen-bond acceptors (Lipinski definition) is 7. The quantitative estimate of drug-likeness (QED) is 0.736. The summed E-state index contributed by atoms with van der Waals surface area (Å²) >= 11 is 1.17. The monoisotopic (exact) mass is 336 g/mol. The molecule has 0 unspecified atom stereocenters. The van der Waals surface area contributed by atoms with Crippen molar-refractivity contribution < 1.29 is 12.8 Å². The molecule has 0 aliphatic heterocycles. The summed E-state index contributed by atoms with van der Waals surface area (Å²) in [5.74, 6) is 0.672. The van der Waals surface area contributed by atoms with E-state index in [4.69, 9.17) is 4.42 Å². The first-order valence-electron chi connectivity index (χ1n) is 6.42. The highest BCUT2D eigenvalue weighted by Crippen LogP contribution is 2.16. The number of aromatic nitrogens is 3. The van der Waals surface area contributed by atoms with Gasteiger partial charge in [0, 0.05) is 19.2 Å². The van der Waals surface area contributed by atoms with Crippen LogP contribution in [-0.4, -0.2) is 30.1 Å². The third kappa shape index (κ3) is 3.38. The fourth-order valence-corrected chi connectivity index (χ4v) is 3.80. The molecule has 114 valence electrons. The average Bonchev–Trinajstić information content (AvgIpc) is 3.20. The Hall–Kier alpha value is -2.10. The van der Waals surface area contributed by atoms with E-state index in [-0.39, 0.29) is 10.8 Å². The maximum Gasteiger partial charge on any atom is 0.266 e. The van der Waals surface area contributed by atoms with Gasteiger partial charge in [0.2, 0.25) is 15.9 Å². The summed E-state index contributed by atoms with van der Waals surface area (Å²) < 4.78 is 32.1. The zero-order valence-electron chi connectivity index (χ0n) is 11.3. The predicted octanol–water partition coefficient (Wildman–Crippen LogP) is 1.71. The van der Waals surface area contributed by atoms with Crippen molar-refractivity contribution in [2.75, 3.05) is 6.54 Å². The third-order valence-electron chi connectivity index (χ3n) is 2.74. The van der Waals surface area contributed by atoms with E-state index in [1.807, 2.05) is 6.07 Å². The summed E-state index contributed by atoms with van der Waals surface area (Å²) in [4.78, 5) is 4.11. The number of nitrogens with one attached hydrogen (secondary N) is 1. The molecule has 0 fully saturated rings. The first-order chi connectivity index (χ1) is 10.6. The van der Waals surface area contributed by atoms with E-state index < -0.39 is 10.0 Å². The summed E-state index contributed by atoms with van der Waals surface area (Å²) in [6.45, 7) is 0.185. The van der Waals surface area contributed by atoms with E-state index in [1.54, 1.807) is 35.8 Å². The maximum absolute atomic E-state index is 11.9. The molecule has 3 aromatic rings. The largest absolute Gasteiger partial charge is 0.419 e. The normalized spacial score (nSPS) is 11.6. The van der Waals surface area contributed by atoms with Crippen LogP contribution in [0.3, 0.4) is 0 Å². The molecular formula is C13H12N4O3S2. The number of pyridine rings is 1. The van der Waals surface area contributed by atoms with Gasteiger partial charge in [-0.3, -0.25) is 4.98 Å². The van der Waals surface area contributed by atoms with Gasteiger partial charge in [0.1, 0.15) is 9.90 Å². The highest BCUT2D eigenvalue weighted by atomic mass is 32.2. The van der Waals surface area contributed by atoms with Gasteiger partial charge in [-0.2, -0.15) is 0 Å². The van der Waals surface area contributed by atoms with Crippen molar-refractivity contribution in [2.24, 2.45) is 0 Å². The van der Waals surface area contributed by atoms with E-state index in [1.165, 1.54) is 11.3 Å². The Morgan fingerprint density at radius 1 is 1.18 bits per heavy atom. The smallest absolute Gasteiger partial charge is 0.266 e. The lowest BCUT2D eigenvalue weighted by atomic mass is 10.3. The Kier molecular flexibility index (Phi) is 4.27. The third-order valence-corrected chi connectivity index (χ3v) is 5.60. The molecule has 3 heterocycles. The first-order valence-corrected chi connectivity index (χ1v) is 8.78. The van der Waals surface area contributed by atoms with Gasteiger partial charge in [0.25, 0.3) is 5.89 Å². The van der Waals surface area contributed by atoms with Crippen LogP contribution in [0, 0.1) is 0 Å². The van der Waals surface area contributed by atoms with Crippen molar-refractivity contribution in [3.8, 4) is 11.6 Å². The highest BCUT2D eigenvalue weighted by Gasteiger charge is 2.15. The van der Waals surface area contributed by atoms with Crippen molar-refractivity contribution in [3.05, 3.63) is 47.8 Å². The summed E-state index contributed by atoms with van der Waals surface area (Å²) in [6, 6.07) is 8.62. The SMILES string of the molecule is O=S(=O)(NCCc1nnc(-c2ccccn2)o1)c1cccs1. The Labute approximate surface area is 131 Å². The fourth-order valence-electron chi connectivity index (χ4n) is 1.73. The second-order valence-corrected chi connectivity index (χ2v) is 7.24. The molecule has 0 atom stereocenters. The molecule has 0 aliphatic carbocycles. The van der Waals surface area contributed by atoms with Gasteiger partial charge in [-0.15, -0.1) is 21.5 Å². The molecule has 0 amide bonds. The number of thiophene rings is 1. The Morgan fingerprint density at radius 2 is 2.09 bits per heavy atom. The molecule has 9 heteroatoms. The number of rotatable bonds is 6. The maximum atomic E-state index is 11.9. The minimum atomic E-state index is -3.47. The first kappa shape index (κ1) is 14.8. The van der Waals surface area contributed by atoms with Crippen LogP contribution in [0.2, 0.25) is 0 Å². The molecule has 0 spiro atoms. The van der Waals surface area contributed by atoms with Crippen molar-refractivity contribution in [1.82, 2.24) is 19.9 Å². The summed E-state index contributed by atoms with van der Waals surface area (Å²) in [7, 11) is -3.47. The van der Waals surface area contributed by atoms with Crippen molar-refractivity contribution >= 4 is 21.4 Å². The second-order valence-electron chi connectivity index (χ2n) is 4.30. The van der Waals surface area contributed by atoms with Crippen LogP contribution in [0.25, 0.3) is 11.6 Å². The molecule has 0 aromatic carbocycles. The van der Waals surface area contributed by atoms with Gasteiger partial charge in [-0.25, -0.2) is 13.1 Å². The molecule has 0 saturated heterocycles. The van der Waals surface area contributed by atoms with Crippen LogP contribution >= 0.6 is 11.3 Å². The van der Waals surface area contributed by atoms with Gasteiger partial charge >= 0.3 is 0 Å². The lowest BCUT2D eigenvalue weighted by Gasteiger charge is -2.02. The summed E-state index contributed by atoms with van der Waals surface area (Å²) in [5, 5.41) is 9.50. The lowest BCUT2D eigenvalue weighted by molar-refractivity contribution is 0.500. The Morgan fingerprint density at radius 3 is 2.82 bits per heavy atom. The van der Waals surface area contributed by atoms with Gasteiger partial charge in [-0.05, 0) is 23.6 Å². The van der Waals surface area contributed by atoms with Crippen LogP contribution in [-0.2, 0) is 16.4 Å². The zero-order valence-corrected chi connectivity index (χ0v) is 13.0. The van der Waals surface area contributed by atoms with Gasteiger partial charge < -0.3 is 4.42 Å². The van der Waals surface area contributed by atoms with Crippen LogP contribution in [0.15, 0.2) is 50.5 Å². The van der Waals surface area contributed by atoms with E-state index in [0.717, 1.165) is 0 Å². The number of nitrogens with zero attached hydrogens (tertiary/aromatic N) is 3. The molecule has 7 nitrogen and oxygen atoms in total. The van der Waals surface area contributed by atoms with E-state index >= 15 is 0 Å². The van der Waals surface area contributed by atoms with Crippen LogP contribution in [0.1, 0.15) is 5.89 Å². The molecule has 3 rings (SSSR count). The molecule has 0 saturated carbocycles. The summed E-state index contributed by atoms with van der Waals surface area (Å²) in [6.07, 6.45) is 1.94. The number of hydrogen-bond donors (Lipinski definition) is 1. The number of sulfonamides is 1. The van der Waals surface area contributed by atoms with Crippen molar-refractivity contribution in [2.45, 2.75) is 10.6 Å². The van der Waals surface area contributed by atoms with E-state index in [9.17, 15) is 8.42 Å². The molecule has 1 N–H and O–H groups in total. The lowest BCUT2D eigenvalue weighted by Crippen LogP contribution is -2.25. The molecule has 0 aliphatic rings. The van der Waals surface area contributed by atoms with Gasteiger partial charge in [0.15, 0.2) is 0 Å². The Balaban J connectivity index is 1.60. The second kappa shape index (κ2) is 6.34. The molecule has 0 bridgehead atoms. The molecule has 3 aromatic heterocycles. The molecule has 0 radical (unpaired) electrons. The van der Waals surface area contributed by atoms with E-state index in [2.05, 4.69) is 19.9 Å². The molecule has 22 heavy (non-hydrogen) atoms. The van der Waals surface area contributed by atoms with Crippen LogP contribution in [0.4, 0.5) is 0 Å². The minimum absolute atomic E-state index is 0.185. The van der Waals surface area contributed by atoms with Crippen LogP contribution in [0.5, 0.6) is 0 Å². The zero-order chi connectivity index (χ0) is 15.4. The van der Waals surface area contributed by atoms with Crippen molar-refractivity contribution in [1.29, 1.82) is 0 Å². The summed E-state index contributed by atoms with van der Waals surface area (Å²) in [5.41, 5.74) is 0.584. The van der Waals surface area contributed by atoms with Crippen LogP contribution < -0.4 is 4.72 Å². The van der Waals surface area contributed by atoms with E-state index in [0.29, 0.717) is 23.9 Å². The average molecular weight is 336 g/mol. The minimum Gasteiger partial charge on any atom is -0.419 e. The highest BCUT2D eigenvalue weighted by molar-refractivity contribution is 7.91.